The normalized spacial score (nSPS) is 11.3. The first-order valence-corrected chi connectivity index (χ1v) is 5.74. The highest BCUT2D eigenvalue weighted by Gasteiger charge is 2.12. The van der Waals surface area contributed by atoms with Gasteiger partial charge in [-0.15, -0.1) is 0 Å². The lowest BCUT2D eigenvalue weighted by atomic mass is 10.2. The van der Waals surface area contributed by atoms with Crippen LogP contribution in [-0.2, 0) is 4.79 Å². The average Bonchev–Trinajstić information content (AvgIpc) is 2.36. The van der Waals surface area contributed by atoms with Crippen molar-refractivity contribution in [3.05, 3.63) is 30.3 Å². The highest BCUT2D eigenvalue weighted by Crippen LogP contribution is 2.08. The van der Waals surface area contributed by atoms with Crippen LogP contribution in [0, 0.1) is 11.3 Å². The molecule has 0 radical (unpaired) electrons. The number of nitrogens with zero attached hydrogens (tertiary/aromatic N) is 1. The Morgan fingerprint density at radius 3 is 2.71 bits per heavy atom. The molecule has 0 aliphatic carbocycles. The van der Waals surface area contributed by atoms with Crippen molar-refractivity contribution in [3.8, 4) is 6.07 Å². The number of carbonyl (C=O) groups is 1. The molecule has 1 atom stereocenters. The van der Waals surface area contributed by atoms with Gasteiger partial charge in [-0.05, 0) is 18.6 Å². The summed E-state index contributed by atoms with van der Waals surface area (Å²) in [4.78, 5) is 11.5. The zero-order valence-corrected chi connectivity index (χ0v) is 9.94. The average molecular weight is 231 g/mol. The first-order valence-electron chi connectivity index (χ1n) is 5.74. The van der Waals surface area contributed by atoms with E-state index in [-0.39, 0.29) is 12.3 Å². The molecule has 0 fully saturated rings. The van der Waals surface area contributed by atoms with Crippen molar-refractivity contribution in [2.45, 2.75) is 25.8 Å². The van der Waals surface area contributed by atoms with Crippen molar-refractivity contribution >= 4 is 11.6 Å². The van der Waals surface area contributed by atoms with Crippen LogP contribution in [-0.4, -0.2) is 18.5 Å². The van der Waals surface area contributed by atoms with Gasteiger partial charge in [-0.2, -0.15) is 5.26 Å². The molecule has 0 spiro atoms. The van der Waals surface area contributed by atoms with E-state index in [1.54, 1.807) is 0 Å². The number of hydrogen-bond acceptors (Lipinski definition) is 3. The molecule has 0 aliphatic rings. The van der Waals surface area contributed by atoms with E-state index in [2.05, 4.69) is 16.7 Å². The van der Waals surface area contributed by atoms with Crippen molar-refractivity contribution in [1.82, 2.24) is 5.32 Å². The Balaban J connectivity index is 2.45. The fraction of sp³-hybridized carbons (Fsp3) is 0.385. The van der Waals surface area contributed by atoms with Crippen molar-refractivity contribution < 1.29 is 4.79 Å². The standard InChI is InChI=1S/C13H17N3O/c1-2-8-15-13(17)9-12(10-14)16-11-6-4-3-5-7-11/h3-7,12,16H,2,8-9H2,1H3,(H,15,17). The molecule has 1 aromatic rings. The van der Waals surface area contributed by atoms with Crippen molar-refractivity contribution in [1.29, 1.82) is 5.26 Å². The second kappa shape index (κ2) is 7.29. The number of hydrogen-bond donors (Lipinski definition) is 2. The molecule has 1 unspecified atom stereocenters. The maximum atomic E-state index is 11.5. The van der Waals surface area contributed by atoms with E-state index in [4.69, 9.17) is 5.26 Å². The van der Waals surface area contributed by atoms with Gasteiger partial charge in [-0.25, -0.2) is 0 Å². The first-order chi connectivity index (χ1) is 8.26. The fourth-order valence-corrected chi connectivity index (χ4v) is 1.39. The summed E-state index contributed by atoms with van der Waals surface area (Å²) in [6.45, 7) is 2.65. The number of carbonyl (C=O) groups excluding carboxylic acids is 1. The third kappa shape index (κ3) is 5.03. The maximum absolute atomic E-state index is 11.5. The SMILES string of the molecule is CCCNC(=O)CC(C#N)Nc1ccccc1. The quantitative estimate of drug-likeness (QED) is 0.786. The minimum atomic E-state index is -0.491. The molecule has 4 nitrogen and oxygen atoms in total. The molecule has 0 aromatic heterocycles. The van der Waals surface area contributed by atoms with Crippen LogP contribution >= 0.6 is 0 Å². The predicted octanol–water partition coefficient (Wildman–Crippen LogP) is 1.91. The highest BCUT2D eigenvalue weighted by molar-refractivity contribution is 5.77. The van der Waals surface area contributed by atoms with Crippen LogP contribution in [0.3, 0.4) is 0 Å². The molecule has 90 valence electrons. The van der Waals surface area contributed by atoms with E-state index >= 15 is 0 Å². The second-order valence-electron chi connectivity index (χ2n) is 3.75. The van der Waals surface area contributed by atoms with Gasteiger partial charge in [0.05, 0.1) is 12.5 Å². The van der Waals surface area contributed by atoms with Crippen LogP contribution < -0.4 is 10.6 Å². The van der Waals surface area contributed by atoms with Crippen molar-refractivity contribution in [3.63, 3.8) is 0 Å². The Kier molecular flexibility index (Phi) is 5.59. The lowest BCUT2D eigenvalue weighted by Gasteiger charge is -2.12. The van der Waals surface area contributed by atoms with E-state index in [9.17, 15) is 4.79 Å². The van der Waals surface area contributed by atoms with Crippen LogP contribution in [0.4, 0.5) is 5.69 Å². The number of nitriles is 1. The summed E-state index contributed by atoms with van der Waals surface area (Å²) in [5, 5.41) is 14.7. The summed E-state index contributed by atoms with van der Waals surface area (Å²) < 4.78 is 0. The number of benzene rings is 1. The third-order valence-electron chi connectivity index (χ3n) is 2.23. The molecule has 0 heterocycles. The highest BCUT2D eigenvalue weighted by atomic mass is 16.1. The number of rotatable bonds is 6. The van der Waals surface area contributed by atoms with E-state index in [1.165, 1.54) is 0 Å². The molecule has 1 amide bonds. The fourth-order valence-electron chi connectivity index (χ4n) is 1.39. The molecule has 0 aliphatic heterocycles. The van der Waals surface area contributed by atoms with Crippen molar-refractivity contribution in [2.75, 3.05) is 11.9 Å². The van der Waals surface area contributed by atoms with Crippen LogP contribution in [0.5, 0.6) is 0 Å². The Bertz CT molecular complexity index is 383. The summed E-state index contributed by atoms with van der Waals surface area (Å²) in [6.07, 6.45) is 1.07. The second-order valence-corrected chi connectivity index (χ2v) is 3.75. The van der Waals surface area contributed by atoms with Crippen LogP contribution in [0.1, 0.15) is 19.8 Å². The Labute approximate surface area is 102 Å². The molecule has 17 heavy (non-hydrogen) atoms. The molecule has 1 rings (SSSR count). The van der Waals surface area contributed by atoms with Gasteiger partial charge in [0.1, 0.15) is 6.04 Å². The summed E-state index contributed by atoms with van der Waals surface area (Å²) in [5.74, 6) is -0.0955. The lowest BCUT2D eigenvalue weighted by Crippen LogP contribution is -2.30. The van der Waals surface area contributed by atoms with Gasteiger partial charge in [-0.3, -0.25) is 4.79 Å². The van der Waals surface area contributed by atoms with Gasteiger partial charge in [-0.1, -0.05) is 25.1 Å². The largest absolute Gasteiger partial charge is 0.369 e. The molecular weight excluding hydrogens is 214 g/mol. The van der Waals surface area contributed by atoms with Gasteiger partial charge < -0.3 is 10.6 Å². The zero-order valence-electron chi connectivity index (χ0n) is 9.94. The number of nitrogens with one attached hydrogen (secondary N) is 2. The van der Waals surface area contributed by atoms with Crippen LogP contribution in [0.25, 0.3) is 0 Å². The number of para-hydroxylation sites is 1. The summed E-state index contributed by atoms with van der Waals surface area (Å²) >= 11 is 0. The molecule has 4 heteroatoms. The van der Waals surface area contributed by atoms with Crippen LogP contribution in [0.2, 0.25) is 0 Å². The zero-order chi connectivity index (χ0) is 12.5. The minimum Gasteiger partial charge on any atom is -0.369 e. The van der Waals surface area contributed by atoms with E-state index < -0.39 is 6.04 Å². The smallest absolute Gasteiger partial charge is 0.223 e. The molecule has 0 saturated heterocycles. The summed E-state index contributed by atoms with van der Waals surface area (Å²) in [6, 6.07) is 11.0. The Morgan fingerprint density at radius 1 is 1.41 bits per heavy atom. The Morgan fingerprint density at radius 2 is 2.12 bits per heavy atom. The number of anilines is 1. The van der Waals surface area contributed by atoms with Gasteiger partial charge in [0, 0.05) is 12.2 Å². The van der Waals surface area contributed by atoms with E-state index in [0.717, 1.165) is 12.1 Å². The minimum absolute atomic E-state index is 0.0955. The molecule has 1 aromatic carbocycles. The van der Waals surface area contributed by atoms with Gasteiger partial charge in [0.2, 0.25) is 5.91 Å². The van der Waals surface area contributed by atoms with E-state index in [1.807, 2.05) is 37.3 Å². The lowest BCUT2D eigenvalue weighted by molar-refractivity contribution is -0.121. The Hall–Kier alpha value is -2.02. The van der Waals surface area contributed by atoms with Gasteiger partial charge >= 0.3 is 0 Å². The summed E-state index contributed by atoms with van der Waals surface area (Å²) in [5.41, 5.74) is 0.849. The van der Waals surface area contributed by atoms with E-state index in [0.29, 0.717) is 6.54 Å². The first kappa shape index (κ1) is 13.0. The number of amides is 1. The van der Waals surface area contributed by atoms with Crippen molar-refractivity contribution in [2.24, 2.45) is 0 Å². The monoisotopic (exact) mass is 231 g/mol. The maximum Gasteiger partial charge on any atom is 0.223 e. The molecule has 0 saturated carbocycles. The molecular formula is C13H17N3O. The topological polar surface area (TPSA) is 64.9 Å². The molecule has 2 N–H and O–H groups in total. The van der Waals surface area contributed by atoms with Gasteiger partial charge in [0.15, 0.2) is 0 Å². The third-order valence-corrected chi connectivity index (χ3v) is 2.23. The predicted molar refractivity (Wildman–Crippen MR) is 67.4 cm³/mol. The van der Waals surface area contributed by atoms with Crippen LogP contribution in [0.15, 0.2) is 30.3 Å². The summed E-state index contributed by atoms with van der Waals surface area (Å²) in [7, 11) is 0. The molecule has 0 bridgehead atoms. The van der Waals surface area contributed by atoms with Gasteiger partial charge in [0.25, 0.3) is 0 Å².